The van der Waals surface area contributed by atoms with Crippen molar-refractivity contribution in [3.8, 4) is 5.75 Å². The van der Waals surface area contributed by atoms with Crippen LogP contribution in [0, 0.1) is 0 Å². The quantitative estimate of drug-likeness (QED) is 0.547. The summed E-state index contributed by atoms with van der Waals surface area (Å²) in [6.07, 6.45) is 0.0717. The van der Waals surface area contributed by atoms with Crippen LogP contribution in [0.2, 0.25) is 0 Å². The van der Waals surface area contributed by atoms with Crippen LogP contribution < -0.4 is 10.7 Å². The lowest BCUT2D eigenvalue weighted by molar-refractivity contribution is -0.115. The lowest BCUT2D eigenvalue weighted by Crippen LogP contribution is -2.21. The van der Waals surface area contributed by atoms with Crippen molar-refractivity contribution in [3.63, 3.8) is 0 Å². The van der Waals surface area contributed by atoms with Crippen LogP contribution in [0.15, 0.2) is 53.6 Å². The highest BCUT2D eigenvalue weighted by Crippen LogP contribution is 2.23. The molecule has 0 atom stereocenters. The third kappa shape index (κ3) is 5.44. The minimum absolute atomic E-state index is 0.0717. The molecule has 0 saturated carbocycles. The minimum atomic E-state index is -0.407. The highest BCUT2D eigenvalue weighted by Gasteiger charge is 2.10. The summed E-state index contributed by atoms with van der Waals surface area (Å²) in [6.45, 7) is 5.80. The Morgan fingerprint density at radius 3 is 2.38 bits per heavy atom. The summed E-state index contributed by atoms with van der Waals surface area (Å²) in [5.74, 6) is -0.224. The van der Waals surface area contributed by atoms with Crippen molar-refractivity contribution in [2.75, 3.05) is 5.32 Å². The summed E-state index contributed by atoms with van der Waals surface area (Å²) in [4.78, 5) is 24.2. The van der Waals surface area contributed by atoms with E-state index >= 15 is 0 Å². The van der Waals surface area contributed by atoms with Crippen molar-refractivity contribution in [1.29, 1.82) is 0 Å². The number of carbonyl (C=O) groups excluding carboxylic acids is 2. The van der Waals surface area contributed by atoms with E-state index in [0.717, 1.165) is 11.3 Å². The fourth-order valence-electron chi connectivity index (χ4n) is 2.40. The fourth-order valence-corrected chi connectivity index (χ4v) is 2.40. The maximum atomic E-state index is 12.2. The van der Waals surface area contributed by atoms with Gasteiger partial charge in [-0.2, -0.15) is 5.10 Å². The molecule has 6 heteroatoms. The van der Waals surface area contributed by atoms with E-state index < -0.39 is 5.91 Å². The van der Waals surface area contributed by atoms with Crippen LogP contribution in [0.1, 0.15) is 49.0 Å². The fraction of sp³-hybridized carbons (Fsp3) is 0.250. The molecule has 0 spiro atoms. The first-order chi connectivity index (χ1) is 12.4. The van der Waals surface area contributed by atoms with Gasteiger partial charge in [0, 0.05) is 17.0 Å². The number of nitrogens with zero attached hydrogens (tertiary/aromatic N) is 1. The first-order valence-electron chi connectivity index (χ1n) is 8.38. The number of hydrazone groups is 1. The number of hydrogen-bond acceptors (Lipinski definition) is 4. The second-order valence-electron chi connectivity index (χ2n) is 6.30. The molecule has 26 heavy (non-hydrogen) atoms. The number of anilines is 1. The number of nitrogens with one attached hydrogen (secondary N) is 2. The van der Waals surface area contributed by atoms with Gasteiger partial charge in [-0.25, -0.2) is 5.43 Å². The molecule has 136 valence electrons. The molecule has 3 N–H and O–H groups in total. The second kappa shape index (κ2) is 8.80. The molecule has 0 aliphatic carbocycles. The topological polar surface area (TPSA) is 90.8 Å². The van der Waals surface area contributed by atoms with Crippen LogP contribution >= 0.6 is 0 Å². The van der Waals surface area contributed by atoms with E-state index in [2.05, 4.69) is 29.7 Å². The summed E-state index contributed by atoms with van der Waals surface area (Å²) in [6, 6.07) is 13.5. The molecular formula is C20H23N3O3. The maximum absolute atomic E-state index is 12.2. The Balaban J connectivity index is 1.93. The van der Waals surface area contributed by atoms with Crippen molar-refractivity contribution in [2.45, 2.75) is 33.1 Å². The highest BCUT2D eigenvalue weighted by molar-refractivity contribution is 6.06. The summed E-state index contributed by atoms with van der Waals surface area (Å²) in [5.41, 5.74) is 5.11. The highest BCUT2D eigenvalue weighted by atomic mass is 16.3. The molecule has 2 amide bonds. The summed E-state index contributed by atoms with van der Waals surface area (Å²) in [5, 5.41) is 16.1. The summed E-state index contributed by atoms with van der Waals surface area (Å²) < 4.78 is 0. The third-order valence-electron chi connectivity index (χ3n) is 3.75. The Labute approximate surface area is 152 Å². The number of benzene rings is 2. The Kier molecular flexibility index (Phi) is 6.49. The van der Waals surface area contributed by atoms with Crippen LogP contribution in [-0.4, -0.2) is 22.6 Å². The molecule has 2 aromatic rings. The van der Waals surface area contributed by atoms with Crippen molar-refractivity contribution in [1.82, 2.24) is 5.43 Å². The van der Waals surface area contributed by atoms with Gasteiger partial charge in [-0.05, 0) is 48.7 Å². The molecule has 2 rings (SSSR count). The zero-order valence-corrected chi connectivity index (χ0v) is 15.1. The monoisotopic (exact) mass is 353 g/mol. The van der Waals surface area contributed by atoms with Gasteiger partial charge in [-0.3, -0.25) is 9.59 Å². The molecular weight excluding hydrogens is 330 g/mol. The molecule has 6 nitrogen and oxygen atoms in total. The Bertz CT molecular complexity index is 811. The standard InChI is InChI=1S/C20H23N3O3/c1-13(2)17-6-4-5-7-18(17)21-19(25)12-14(3)22-23-20(26)15-8-10-16(24)11-9-15/h4-11,13,24H,12H2,1-3H3,(H,21,25)(H,23,26)/b22-14+. The molecule has 0 saturated heterocycles. The first-order valence-corrected chi connectivity index (χ1v) is 8.38. The van der Waals surface area contributed by atoms with E-state index in [4.69, 9.17) is 0 Å². The lowest BCUT2D eigenvalue weighted by Gasteiger charge is -2.13. The summed E-state index contributed by atoms with van der Waals surface area (Å²) >= 11 is 0. The van der Waals surface area contributed by atoms with Gasteiger partial charge >= 0.3 is 0 Å². The van der Waals surface area contributed by atoms with Gasteiger partial charge in [0.15, 0.2) is 0 Å². The van der Waals surface area contributed by atoms with Crippen molar-refractivity contribution < 1.29 is 14.7 Å². The van der Waals surface area contributed by atoms with E-state index in [9.17, 15) is 14.7 Å². The molecule has 0 unspecified atom stereocenters. The smallest absolute Gasteiger partial charge is 0.271 e. The van der Waals surface area contributed by atoms with Gasteiger partial charge in [0.1, 0.15) is 5.75 Å². The zero-order valence-electron chi connectivity index (χ0n) is 15.1. The lowest BCUT2D eigenvalue weighted by atomic mass is 10.0. The minimum Gasteiger partial charge on any atom is -0.508 e. The molecule has 2 aromatic carbocycles. The molecule has 0 radical (unpaired) electrons. The van der Waals surface area contributed by atoms with Crippen LogP contribution in [0.3, 0.4) is 0 Å². The Morgan fingerprint density at radius 1 is 1.08 bits per heavy atom. The van der Waals surface area contributed by atoms with Crippen molar-refractivity contribution >= 4 is 23.2 Å². The molecule has 0 bridgehead atoms. The van der Waals surface area contributed by atoms with Crippen LogP contribution in [-0.2, 0) is 4.79 Å². The van der Waals surface area contributed by atoms with Gasteiger partial charge < -0.3 is 10.4 Å². The second-order valence-corrected chi connectivity index (χ2v) is 6.30. The van der Waals surface area contributed by atoms with Gasteiger partial charge in [0.25, 0.3) is 5.91 Å². The zero-order chi connectivity index (χ0) is 19.1. The predicted octanol–water partition coefficient (Wildman–Crippen LogP) is 3.65. The van der Waals surface area contributed by atoms with Crippen LogP contribution in [0.25, 0.3) is 0 Å². The largest absolute Gasteiger partial charge is 0.508 e. The normalized spacial score (nSPS) is 11.3. The molecule has 0 heterocycles. The van der Waals surface area contributed by atoms with E-state index in [1.165, 1.54) is 24.3 Å². The first kappa shape index (κ1) is 19.2. The Hall–Kier alpha value is -3.15. The SMILES string of the molecule is C/C(CC(=O)Nc1ccccc1C(C)C)=N\NC(=O)c1ccc(O)cc1. The van der Waals surface area contributed by atoms with E-state index in [0.29, 0.717) is 17.2 Å². The number of carbonyl (C=O) groups is 2. The van der Waals surface area contributed by atoms with Gasteiger partial charge in [0.2, 0.25) is 5.91 Å². The number of hydrogen-bond donors (Lipinski definition) is 3. The van der Waals surface area contributed by atoms with Crippen LogP contribution in [0.4, 0.5) is 5.69 Å². The van der Waals surface area contributed by atoms with Gasteiger partial charge in [-0.15, -0.1) is 0 Å². The van der Waals surface area contributed by atoms with Gasteiger partial charge in [0.05, 0.1) is 6.42 Å². The molecule has 0 aliphatic heterocycles. The number of phenolic OH excluding ortho intramolecular Hbond substituents is 1. The number of aromatic hydroxyl groups is 1. The van der Waals surface area contributed by atoms with Gasteiger partial charge in [-0.1, -0.05) is 32.0 Å². The van der Waals surface area contributed by atoms with E-state index in [1.807, 2.05) is 24.3 Å². The Morgan fingerprint density at radius 2 is 1.73 bits per heavy atom. The number of para-hydroxylation sites is 1. The third-order valence-corrected chi connectivity index (χ3v) is 3.75. The maximum Gasteiger partial charge on any atom is 0.271 e. The van der Waals surface area contributed by atoms with Crippen molar-refractivity contribution in [2.24, 2.45) is 5.10 Å². The summed E-state index contributed by atoms with van der Waals surface area (Å²) in [7, 11) is 0. The van der Waals surface area contributed by atoms with E-state index in [1.54, 1.807) is 6.92 Å². The van der Waals surface area contributed by atoms with E-state index in [-0.39, 0.29) is 18.1 Å². The molecule has 0 aliphatic rings. The predicted molar refractivity (Wildman–Crippen MR) is 102 cm³/mol. The number of rotatable bonds is 6. The average molecular weight is 353 g/mol. The average Bonchev–Trinajstić information content (AvgIpc) is 2.60. The van der Waals surface area contributed by atoms with Crippen LogP contribution in [0.5, 0.6) is 5.75 Å². The number of phenols is 1. The molecule has 0 fully saturated rings. The molecule has 0 aromatic heterocycles. The van der Waals surface area contributed by atoms with Crippen molar-refractivity contribution in [3.05, 3.63) is 59.7 Å². The number of amides is 2.